The van der Waals surface area contributed by atoms with E-state index >= 15 is 0 Å². The summed E-state index contributed by atoms with van der Waals surface area (Å²) in [5, 5.41) is 8.66. The second-order valence-corrected chi connectivity index (χ2v) is 3.93. The third kappa shape index (κ3) is 1.97. The lowest BCUT2D eigenvalue weighted by atomic mass is 10.1. The van der Waals surface area contributed by atoms with Gasteiger partial charge in [-0.05, 0) is 37.3 Å². The molecule has 0 atom stereocenters. The van der Waals surface area contributed by atoms with Crippen LogP contribution in [0.1, 0.15) is 36.2 Å². The van der Waals surface area contributed by atoms with Gasteiger partial charge in [-0.15, -0.1) is 0 Å². The molecule has 1 aliphatic rings. The zero-order chi connectivity index (χ0) is 9.97. The molecule has 1 aromatic rings. The third-order valence-corrected chi connectivity index (χ3v) is 2.76. The predicted octanol–water partition coefficient (Wildman–Crippen LogP) is 1.91. The minimum absolute atomic E-state index is 0.118. The van der Waals surface area contributed by atoms with Crippen molar-refractivity contribution in [1.82, 2.24) is 4.98 Å². The number of aromatic amines is 1. The van der Waals surface area contributed by atoms with Gasteiger partial charge in [0.05, 0.1) is 6.42 Å². The van der Waals surface area contributed by atoms with Crippen molar-refractivity contribution < 1.29 is 9.90 Å². The molecular formula is C11H15NO2. The third-order valence-electron chi connectivity index (χ3n) is 2.76. The Labute approximate surface area is 83.1 Å². The van der Waals surface area contributed by atoms with Gasteiger partial charge in [0.15, 0.2) is 0 Å². The lowest BCUT2D eigenvalue weighted by Gasteiger charge is -1.95. The smallest absolute Gasteiger partial charge is 0.309 e. The van der Waals surface area contributed by atoms with E-state index in [1.54, 1.807) is 0 Å². The maximum absolute atomic E-state index is 10.5. The molecular weight excluding hydrogens is 178 g/mol. The normalized spacial score (nSPS) is 16.0. The van der Waals surface area contributed by atoms with Crippen LogP contribution in [-0.2, 0) is 24.1 Å². The van der Waals surface area contributed by atoms with E-state index in [1.165, 1.54) is 30.5 Å². The summed E-state index contributed by atoms with van der Waals surface area (Å²) in [6.45, 7) is 0. The van der Waals surface area contributed by atoms with Gasteiger partial charge in [0.25, 0.3) is 0 Å². The van der Waals surface area contributed by atoms with E-state index in [0.29, 0.717) is 0 Å². The maximum Gasteiger partial charge on any atom is 0.309 e. The number of H-pyrrole nitrogens is 1. The van der Waals surface area contributed by atoms with Gasteiger partial charge in [0.1, 0.15) is 0 Å². The van der Waals surface area contributed by atoms with Crippen LogP contribution < -0.4 is 0 Å². The lowest BCUT2D eigenvalue weighted by molar-refractivity contribution is -0.136. The molecule has 0 spiro atoms. The summed E-state index contributed by atoms with van der Waals surface area (Å²) in [7, 11) is 0. The van der Waals surface area contributed by atoms with Crippen molar-refractivity contribution in [2.24, 2.45) is 0 Å². The Kier molecular flexibility index (Phi) is 2.57. The van der Waals surface area contributed by atoms with Gasteiger partial charge < -0.3 is 10.1 Å². The van der Waals surface area contributed by atoms with Crippen molar-refractivity contribution in [3.05, 3.63) is 23.0 Å². The van der Waals surface area contributed by atoms with E-state index in [-0.39, 0.29) is 6.42 Å². The second-order valence-electron chi connectivity index (χ2n) is 3.93. The predicted molar refractivity (Wildman–Crippen MR) is 53.4 cm³/mol. The summed E-state index contributed by atoms with van der Waals surface area (Å²) >= 11 is 0. The number of aryl methyl sites for hydroxylation is 2. The van der Waals surface area contributed by atoms with Crippen LogP contribution in [-0.4, -0.2) is 16.1 Å². The largest absolute Gasteiger partial charge is 0.481 e. The van der Waals surface area contributed by atoms with Gasteiger partial charge in [-0.2, -0.15) is 0 Å². The van der Waals surface area contributed by atoms with Crippen molar-refractivity contribution in [1.29, 1.82) is 0 Å². The van der Waals surface area contributed by atoms with Crippen LogP contribution in [0.5, 0.6) is 0 Å². The second kappa shape index (κ2) is 3.86. The van der Waals surface area contributed by atoms with Gasteiger partial charge in [-0.1, -0.05) is 6.42 Å². The molecule has 2 N–H and O–H groups in total. The minimum Gasteiger partial charge on any atom is -0.481 e. The fourth-order valence-corrected chi connectivity index (χ4v) is 2.11. The average molecular weight is 193 g/mol. The Balaban J connectivity index is 2.18. The first-order chi connectivity index (χ1) is 6.75. The first-order valence-electron chi connectivity index (χ1n) is 5.17. The first-order valence-corrected chi connectivity index (χ1v) is 5.17. The van der Waals surface area contributed by atoms with E-state index < -0.39 is 5.97 Å². The summed E-state index contributed by atoms with van der Waals surface area (Å²) in [6, 6.07) is 2.02. The van der Waals surface area contributed by atoms with Gasteiger partial charge >= 0.3 is 5.97 Å². The number of hydrogen-bond acceptors (Lipinski definition) is 1. The van der Waals surface area contributed by atoms with Crippen molar-refractivity contribution in [2.45, 2.75) is 38.5 Å². The number of nitrogens with one attached hydrogen (secondary N) is 1. The van der Waals surface area contributed by atoms with Gasteiger partial charge in [0.2, 0.25) is 0 Å². The van der Waals surface area contributed by atoms with Crippen LogP contribution in [0, 0.1) is 0 Å². The van der Waals surface area contributed by atoms with E-state index in [4.69, 9.17) is 5.11 Å². The molecule has 14 heavy (non-hydrogen) atoms. The molecule has 3 nitrogen and oxygen atoms in total. The summed E-state index contributed by atoms with van der Waals surface area (Å²) in [5.74, 6) is -0.763. The number of carboxylic acids is 1. The van der Waals surface area contributed by atoms with Crippen LogP contribution in [0.2, 0.25) is 0 Å². The Hall–Kier alpha value is -1.25. The molecule has 1 aliphatic carbocycles. The average Bonchev–Trinajstić information content (AvgIpc) is 2.34. The Morgan fingerprint density at radius 1 is 1.36 bits per heavy atom. The summed E-state index contributed by atoms with van der Waals surface area (Å²) in [4.78, 5) is 13.8. The van der Waals surface area contributed by atoms with E-state index in [2.05, 4.69) is 4.98 Å². The zero-order valence-corrected chi connectivity index (χ0v) is 8.18. The molecule has 0 saturated heterocycles. The Morgan fingerprint density at radius 3 is 2.93 bits per heavy atom. The molecule has 0 aromatic carbocycles. The zero-order valence-electron chi connectivity index (χ0n) is 8.18. The monoisotopic (exact) mass is 193 g/mol. The molecule has 76 valence electrons. The summed E-state index contributed by atoms with van der Waals surface area (Å²) in [6.07, 6.45) is 6.04. The van der Waals surface area contributed by atoms with Crippen molar-refractivity contribution in [3.63, 3.8) is 0 Å². The van der Waals surface area contributed by atoms with Crippen LogP contribution in [0.15, 0.2) is 6.07 Å². The number of aromatic nitrogens is 1. The molecule has 0 fully saturated rings. The quantitative estimate of drug-likeness (QED) is 0.705. The van der Waals surface area contributed by atoms with E-state index in [1.807, 2.05) is 6.07 Å². The number of hydrogen-bond donors (Lipinski definition) is 2. The summed E-state index contributed by atoms with van der Waals surface area (Å²) in [5.41, 5.74) is 3.45. The molecule has 0 amide bonds. The van der Waals surface area contributed by atoms with Crippen molar-refractivity contribution >= 4 is 5.97 Å². The fourth-order valence-electron chi connectivity index (χ4n) is 2.11. The van der Waals surface area contributed by atoms with Crippen LogP contribution in [0.4, 0.5) is 0 Å². The molecule has 3 heteroatoms. The highest BCUT2D eigenvalue weighted by molar-refractivity contribution is 5.69. The molecule has 2 rings (SSSR count). The molecule has 0 radical (unpaired) electrons. The number of carboxylic acid groups (broad SMARTS) is 1. The van der Waals surface area contributed by atoms with E-state index in [0.717, 1.165) is 18.5 Å². The van der Waals surface area contributed by atoms with Crippen LogP contribution in [0.25, 0.3) is 0 Å². The standard InChI is InChI=1S/C11H15NO2/c13-11(14)7-9-6-8-4-2-1-3-5-10(8)12-9/h6,12H,1-5,7H2,(H,13,14). The van der Waals surface area contributed by atoms with Gasteiger partial charge in [0, 0.05) is 11.4 Å². The molecule has 0 bridgehead atoms. The molecule has 0 aliphatic heterocycles. The maximum atomic E-state index is 10.5. The highest BCUT2D eigenvalue weighted by atomic mass is 16.4. The van der Waals surface area contributed by atoms with Crippen molar-refractivity contribution in [2.75, 3.05) is 0 Å². The lowest BCUT2D eigenvalue weighted by Crippen LogP contribution is -2.00. The Bertz CT molecular complexity index is 318. The number of carbonyl (C=O) groups is 1. The minimum atomic E-state index is -0.763. The van der Waals surface area contributed by atoms with Gasteiger partial charge in [-0.3, -0.25) is 4.79 Å². The van der Waals surface area contributed by atoms with Gasteiger partial charge in [-0.25, -0.2) is 0 Å². The molecule has 0 saturated carbocycles. The summed E-state index contributed by atoms with van der Waals surface area (Å²) < 4.78 is 0. The Morgan fingerprint density at radius 2 is 2.14 bits per heavy atom. The number of rotatable bonds is 2. The first kappa shape index (κ1) is 9.31. The SMILES string of the molecule is O=C(O)Cc1cc2c([nH]1)CCCCC2. The molecule has 1 aromatic heterocycles. The van der Waals surface area contributed by atoms with Crippen molar-refractivity contribution in [3.8, 4) is 0 Å². The van der Waals surface area contributed by atoms with Crippen LogP contribution >= 0.6 is 0 Å². The van der Waals surface area contributed by atoms with Crippen LogP contribution in [0.3, 0.4) is 0 Å². The highest BCUT2D eigenvalue weighted by Crippen LogP contribution is 2.21. The fraction of sp³-hybridized carbons (Fsp3) is 0.545. The number of aliphatic carboxylic acids is 1. The topological polar surface area (TPSA) is 53.1 Å². The highest BCUT2D eigenvalue weighted by Gasteiger charge is 2.12. The molecule has 0 unspecified atom stereocenters. The number of fused-ring (bicyclic) bond motifs is 1. The molecule has 1 heterocycles. The van der Waals surface area contributed by atoms with E-state index in [9.17, 15) is 4.79 Å².